The van der Waals surface area contributed by atoms with Gasteiger partial charge in [0.05, 0.1) is 8.47 Å². The van der Waals surface area contributed by atoms with Crippen molar-refractivity contribution in [2.75, 3.05) is 0 Å². The van der Waals surface area contributed by atoms with Crippen LogP contribution in [0.4, 0.5) is 0 Å². The number of thioether (sulfide) groups is 5. The molecular formula is C54H36S5. The van der Waals surface area contributed by atoms with Crippen LogP contribution < -0.4 is 0 Å². The highest BCUT2D eigenvalue weighted by molar-refractivity contribution is 8.23. The van der Waals surface area contributed by atoms with Crippen LogP contribution >= 0.6 is 58.8 Å². The molecule has 0 radical (unpaired) electrons. The van der Waals surface area contributed by atoms with Crippen LogP contribution in [0, 0.1) is 0 Å². The van der Waals surface area contributed by atoms with Gasteiger partial charge in [0.2, 0.25) is 0 Å². The number of rotatable bonds is 11. The Morgan fingerprint density at radius 2 is 0.508 bits per heavy atom. The van der Waals surface area contributed by atoms with Gasteiger partial charge in [0.25, 0.3) is 0 Å². The van der Waals surface area contributed by atoms with E-state index in [0.29, 0.717) is 0 Å². The van der Waals surface area contributed by atoms with Crippen LogP contribution in [0.3, 0.4) is 0 Å². The van der Waals surface area contributed by atoms with E-state index in [4.69, 9.17) is 0 Å². The van der Waals surface area contributed by atoms with Gasteiger partial charge in [0.15, 0.2) is 0 Å². The predicted octanol–water partition coefficient (Wildman–Crippen LogP) is 17.7. The van der Waals surface area contributed by atoms with E-state index in [2.05, 4.69) is 218 Å². The van der Waals surface area contributed by atoms with Crippen LogP contribution in [0.25, 0.3) is 53.9 Å². The summed E-state index contributed by atoms with van der Waals surface area (Å²) in [6.07, 6.45) is 2.44. The maximum absolute atomic E-state index is 2.44. The fraction of sp³-hybridized carbons (Fsp3) is 0. The van der Waals surface area contributed by atoms with E-state index < -0.39 is 0 Å². The minimum atomic E-state index is 1.20. The van der Waals surface area contributed by atoms with Crippen molar-refractivity contribution >= 4 is 113 Å². The quantitative estimate of drug-likeness (QED) is 0.0937. The van der Waals surface area contributed by atoms with E-state index in [1.165, 1.54) is 91.7 Å². The van der Waals surface area contributed by atoms with Crippen molar-refractivity contribution < 1.29 is 0 Å². The molecule has 282 valence electrons. The number of hydrogen-bond acceptors (Lipinski definition) is 5. The molecule has 0 aromatic heterocycles. The second kappa shape index (κ2) is 17.5. The van der Waals surface area contributed by atoms with Crippen LogP contribution in [0.15, 0.2) is 256 Å². The van der Waals surface area contributed by atoms with Crippen molar-refractivity contribution in [2.24, 2.45) is 0 Å². The molecule has 0 fully saturated rings. The third-order valence-electron chi connectivity index (χ3n) is 10.1. The van der Waals surface area contributed by atoms with E-state index in [0.717, 1.165) is 0 Å². The van der Waals surface area contributed by atoms with Gasteiger partial charge in [-0.2, -0.15) is 0 Å². The van der Waals surface area contributed by atoms with E-state index in [-0.39, 0.29) is 0 Å². The highest BCUT2D eigenvalue weighted by Crippen LogP contribution is 2.50. The smallest absolute Gasteiger partial charge is 0.0638 e. The fourth-order valence-electron chi connectivity index (χ4n) is 7.17. The van der Waals surface area contributed by atoms with Crippen LogP contribution in [0.2, 0.25) is 0 Å². The highest BCUT2D eigenvalue weighted by atomic mass is 32.2. The van der Waals surface area contributed by atoms with Crippen molar-refractivity contribution in [1.82, 2.24) is 0 Å². The zero-order chi connectivity index (χ0) is 39.4. The Balaban J connectivity index is 1.16. The molecule has 0 N–H and O–H groups in total. The van der Waals surface area contributed by atoms with Gasteiger partial charge >= 0.3 is 0 Å². The number of hydrogen-bond donors (Lipinski definition) is 0. The molecule has 59 heavy (non-hydrogen) atoms. The lowest BCUT2D eigenvalue weighted by Gasteiger charge is -2.16. The molecule has 10 aromatic carbocycles. The third kappa shape index (κ3) is 9.01. The molecule has 0 atom stereocenters. The topological polar surface area (TPSA) is 0 Å². The number of benzene rings is 10. The van der Waals surface area contributed by atoms with Crippen molar-refractivity contribution in [3.8, 4) is 0 Å². The highest BCUT2D eigenvalue weighted by Gasteiger charge is 2.17. The maximum atomic E-state index is 2.44. The molecule has 0 saturated heterocycles. The summed E-state index contributed by atoms with van der Waals surface area (Å²) in [6, 6.07) is 77.4. The summed E-state index contributed by atoms with van der Waals surface area (Å²) in [6.45, 7) is 0. The van der Waals surface area contributed by atoms with E-state index >= 15 is 0 Å². The SMILES string of the molecule is C(=C(Sc1ccc2ccccc2c1)Sc1ccc2ccccc2c1)C(Sc1ccc2ccccc2c1)=C(Sc1ccc2ccccc2c1)Sc1ccc2ccccc2c1. The molecule has 0 aliphatic heterocycles. The Bertz CT molecular complexity index is 3050. The average Bonchev–Trinajstić information content (AvgIpc) is 3.28. The van der Waals surface area contributed by atoms with Gasteiger partial charge in [-0.25, -0.2) is 0 Å². The molecule has 0 spiro atoms. The molecule has 0 aliphatic carbocycles. The molecule has 0 unspecified atom stereocenters. The molecule has 0 saturated carbocycles. The van der Waals surface area contributed by atoms with Crippen molar-refractivity contribution in [2.45, 2.75) is 24.5 Å². The molecule has 0 aliphatic rings. The minimum absolute atomic E-state index is 1.20. The van der Waals surface area contributed by atoms with E-state index in [9.17, 15) is 0 Å². The first-order valence-electron chi connectivity index (χ1n) is 19.4. The lowest BCUT2D eigenvalue weighted by Crippen LogP contribution is -1.86. The molecule has 0 bridgehead atoms. The Morgan fingerprint density at radius 3 is 0.814 bits per heavy atom. The molecule has 0 nitrogen and oxygen atoms in total. The molecule has 5 heteroatoms. The fourth-order valence-corrected chi connectivity index (χ4v) is 13.0. The molecule has 0 amide bonds. The van der Waals surface area contributed by atoms with Gasteiger partial charge in [-0.3, -0.25) is 0 Å². The normalized spacial score (nSPS) is 11.4. The van der Waals surface area contributed by atoms with Gasteiger partial charge in [-0.05, 0) is 121 Å². The molecule has 0 heterocycles. The Labute approximate surface area is 366 Å². The standard InChI is InChI=1S/C54H36S5/c1-6-16-42-31-47(26-21-37(42)11-1)55-52(54(58-50-29-24-40-14-4-9-19-45(40)34-50)59-51-30-25-41-15-5-10-20-46(41)35-51)36-53(56-48-27-22-38-12-2-7-17-43(38)32-48)57-49-28-23-39-13-3-8-18-44(39)33-49/h1-36H. The average molecular weight is 845 g/mol. The molecular weight excluding hydrogens is 809 g/mol. The summed E-state index contributed by atoms with van der Waals surface area (Å²) in [5, 5.41) is 12.4. The van der Waals surface area contributed by atoms with Crippen LogP contribution in [0.5, 0.6) is 0 Å². The molecule has 10 aromatic rings. The second-order valence-corrected chi connectivity index (χ2v) is 20.2. The molecule has 10 rings (SSSR count). The first kappa shape index (κ1) is 38.0. The van der Waals surface area contributed by atoms with Crippen LogP contribution in [-0.4, -0.2) is 0 Å². The van der Waals surface area contributed by atoms with Gasteiger partial charge in [-0.1, -0.05) is 210 Å². The minimum Gasteiger partial charge on any atom is -0.0883 e. The second-order valence-electron chi connectivity index (χ2n) is 14.2. The summed E-state index contributed by atoms with van der Waals surface area (Å²) in [5.74, 6) is 0. The maximum Gasteiger partial charge on any atom is 0.0638 e. The zero-order valence-corrected chi connectivity index (χ0v) is 35.9. The lowest BCUT2D eigenvalue weighted by molar-refractivity contribution is 1.50. The van der Waals surface area contributed by atoms with Gasteiger partial charge in [-0.15, -0.1) is 0 Å². The van der Waals surface area contributed by atoms with Gasteiger partial charge < -0.3 is 0 Å². The zero-order valence-electron chi connectivity index (χ0n) is 31.8. The summed E-state index contributed by atoms with van der Waals surface area (Å²) < 4.78 is 2.43. The van der Waals surface area contributed by atoms with E-state index in [1.54, 1.807) is 0 Å². The first-order chi connectivity index (χ1) is 29.1. The van der Waals surface area contributed by atoms with Gasteiger partial charge in [0.1, 0.15) is 0 Å². The summed E-state index contributed by atoms with van der Waals surface area (Å²) in [5.41, 5.74) is 0. The summed E-state index contributed by atoms with van der Waals surface area (Å²) in [7, 11) is 0. The number of allylic oxidation sites excluding steroid dienone is 1. The number of fused-ring (bicyclic) bond motifs is 5. The Morgan fingerprint density at radius 1 is 0.254 bits per heavy atom. The van der Waals surface area contributed by atoms with Crippen molar-refractivity contribution in [3.05, 3.63) is 232 Å². The largest absolute Gasteiger partial charge is 0.0883 e. The van der Waals surface area contributed by atoms with Gasteiger partial charge in [0, 0.05) is 29.4 Å². The Kier molecular flexibility index (Phi) is 11.3. The van der Waals surface area contributed by atoms with E-state index in [1.807, 2.05) is 58.8 Å². The monoisotopic (exact) mass is 844 g/mol. The van der Waals surface area contributed by atoms with Crippen LogP contribution in [-0.2, 0) is 0 Å². The van der Waals surface area contributed by atoms with Crippen molar-refractivity contribution in [3.63, 3.8) is 0 Å². The summed E-state index contributed by atoms with van der Waals surface area (Å²) >= 11 is 9.22. The predicted molar refractivity (Wildman–Crippen MR) is 264 cm³/mol. The third-order valence-corrected chi connectivity index (χ3v) is 15.8. The van der Waals surface area contributed by atoms with Crippen molar-refractivity contribution in [1.29, 1.82) is 0 Å². The Hall–Kier alpha value is -5.27. The van der Waals surface area contributed by atoms with Crippen LogP contribution in [0.1, 0.15) is 0 Å². The first-order valence-corrected chi connectivity index (χ1v) is 23.5. The lowest BCUT2D eigenvalue weighted by atomic mass is 10.1. The summed E-state index contributed by atoms with van der Waals surface area (Å²) in [4.78, 5) is 7.25.